The van der Waals surface area contributed by atoms with E-state index in [9.17, 15) is 31.1 Å². The molecule has 1 unspecified atom stereocenters. The second kappa shape index (κ2) is 6.58. The number of hydrogen-bond acceptors (Lipinski definition) is 6. The van der Waals surface area contributed by atoms with E-state index in [0.29, 0.717) is 4.31 Å². The number of carbonyl (C=O) groups is 1. The molecule has 4 atom stereocenters. The van der Waals surface area contributed by atoms with Crippen molar-refractivity contribution in [1.29, 1.82) is 0 Å². The molecule has 1 aromatic rings. The van der Waals surface area contributed by atoms with Crippen LogP contribution in [-0.2, 0) is 25.0 Å². The summed E-state index contributed by atoms with van der Waals surface area (Å²) in [5.74, 6) is 3.32. The Kier molecular flexibility index (Phi) is 4.52. The summed E-state index contributed by atoms with van der Waals surface area (Å²) in [5.41, 5.74) is -0.757. The van der Waals surface area contributed by atoms with Crippen molar-refractivity contribution >= 4 is 31.8 Å². The Bertz CT molecular complexity index is 1170. The van der Waals surface area contributed by atoms with Gasteiger partial charge in [-0.3, -0.25) is 4.79 Å². The number of nitrogens with one attached hydrogen (secondary N) is 2. The predicted octanol–water partition coefficient (Wildman–Crippen LogP) is -0.362. The van der Waals surface area contributed by atoms with E-state index in [-0.39, 0.29) is 29.4 Å². The van der Waals surface area contributed by atoms with Crippen molar-refractivity contribution in [2.75, 3.05) is 17.1 Å². The molecule has 3 N–H and O–H groups in total. The lowest BCUT2D eigenvalue weighted by Gasteiger charge is -2.17. The third-order valence-corrected chi connectivity index (χ3v) is 7.52. The summed E-state index contributed by atoms with van der Waals surface area (Å²) < 4.78 is 66.5. The smallest absolute Gasteiger partial charge is 0.326 e. The highest BCUT2D eigenvalue weighted by atomic mass is 32.2. The molecule has 0 spiro atoms. The number of phenols is 1. The highest BCUT2D eigenvalue weighted by Gasteiger charge is 2.57. The summed E-state index contributed by atoms with van der Waals surface area (Å²) >= 11 is 0. The molecule has 0 radical (unpaired) electrons. The average molecular weight is 443 g/mol. The number of nitrogens with zero attached hydrogens (tertiary/aromatic N) is 1. The highest BCUT2D eigenvalue weighted by Crippen LogP contribution is 2.57. The number of benzene rings is 1. The van der Waals surface area contributed by atoms with Gasteiger partial charge in [0.05, 0.1) is 11.8 Å². The van der Waals surface area contributed by atoms with Crippen molar-refractivity contribution in [1.82, 2.24) is 9.44 Å². The van der Waals surface area contributed by atoms with Crippen molar-refractivity contribution in [2.24, 2.45) is 17.8 Å². The van der Waals surface area contributed by atoms with Crippen LogP contribution in [0, 0.1) is 35.4 Å². The van der Waals surface area contributed by atoms with Gasteiger partial charge >= 0.3 is 10.2 Å². The number of sulfonamides is 1. The molecule has 1 aromatic carbocycles. The largest absolute Gasteiger partial charge is 0.506 e. The van der Waals surface area contributed by atoms with Crippen LogP contribution >= 0.6 is 0 Å². The SMILES string of the molecule is CS(=O)(=O)NC1CC[C@@H]2[C@@H](C#Cc3ccc(O)c(N4CC(=O)NS4(=O)=O)c3F)[C@H]12. The summed E-state index contributed by atoms with van der Waals surface area (Å²) in [4.78, 5) is 11.4. The summed E-state index contributed by atoms with van der Waals surface area (Å²) in [7, 11) is -7.61. The van der Waals surface area contributed by atoms with E-state index in [1.165, 1.54) is 6.07 Å². The van der Waals surface area contributed by atoms with Gasteiger partial charge in [0.1, 0.15) is 18.0 Å². The number of aromatic hydroxyl groups is 1. The van der Waals surface area contributed by atoms with Gasteiger partial charge in [-0.05, 0) is 36.8 Å². The molecular weight excluding hydrogens is 425 g/mol. The standard InChI is InChI=1S/C17H18FN3O6S2/c1-28(24,25)19-12-6-5-11-10(15(11)12)4-2-9-3-7-13(22)17(16(9)18)21-8-14(23)20-29(21,26)27/h3,7,10-12,15,19,22H,5-6,8H2,1H3,(H,20,23)/t10-,11-,12?,15+/m1/s1. The number of halogens is 1. The van der Waals surface area contributed by atoms with Gasteiger partial charge in [0.2, 0.25) is 10.0 Å². The lowest BCUT2D eigenvalue weighted by Crippen LogP contribution is -2.34. The van der Waals surface area contributed by atoms with Crippen LogP contribution in [0.15, 0.2) is 12.1 Å². The molecule has 3 aliphatic rings. The van der Waals surface area contributed by atoms with E-state index >= 15 is 0 Å². The Morgan fingerprint density at radius 3 is 2.69 bits per heavy atom. The third kappa shape index (κ3) is 3.65. The number of carbonyl (C=O) groups excluding carboxylic acids is 1. The predicted molar refractivity (Wildman–Crippen MR) is 101 cm³/mol. The maximum atomic E-state index is 14.9. The number of amides is 1. The number of rotatable bonds is 3. The fourth-order valence-corrected chi connectivity index (χ4v) is 6.19. The molecule has 0 bridgehead atoms. The molecule has 2 saturated carbocycles. The molecule has 2 aliphatic carbocycles. The molecule has 156 valence electrons. The van der Waals surface area contributed by atoms with Crippen molar-refractivity contribution < 1.29 is 31.1 Å². The van der Waals surface area contributed by atoms with Crippen LogP contribution in [0.5, 0.6) is 5.75 Å². The van der Waals surface area contributed by atoms with Gasteiger partial charge in [0.25, 0.3) is 5.91 Å². The van der Waals surface area contributed by atoms with Crippen LogP contribution in [0.25, 0.3) is 0 Å². The van der Waals surface area contributed by atoms with Gasteiger partial charge < -0.3 is 5.11 Å². The van der Waals surface area contributed by atoms with Crippen LogP contribution in [0.1, 0.15) is 18.4 Å². The van der Waals surface area contributed by atoms with Gasteiger partial charge in [-0.2, -0.15) is 8.42 Å². The minimum absolute atomic E-state index is 0.0673. The molecule has 1 aliphatic heterocycles. The summed E-state index contributed by atoms with van der Waals surface area (Å²) in [5, 5.41) is 9.96. The first-order valence-electron chi connectivity index (χ1n) is 8.81. The Morgan fingerprint density at radius 2 is 2.07 bits per heavy atom. The fourth-order valence-electron chi connectivity index (χ4n) is 4.20. The molecule has 29 heavy (non-hydrogen) atoms. The van der Waals surface area contributed by atoms with Crippen LogP contribution in [0.3, 0.4) is 0 Å². The molecule has 12 heteroatoms. The molecule has 1 amide bonds. The second-order valence-corrected chi connectivity index (χ2v) is 10.8. The van der Waals surface area contributed by atoms with Crippen molar-refractivity contribution in [3.8, 4) is 17.6 Å². The van der Waals surface area contributed by atoms with E-state index < -0.39 is 49.9 Å². The van der Waals surface area contributed by atoms with Gasteiger partial charge in [0.15, 0.2) is 5.82 Å². The number of fused-ring (bicyclic) bond motifs is 1. The normalized spacial score (nSPS) is 29.7. The van der Waals surface area contributed by atoms with Crippen LogP contribution in [0.2, 0.25) is 0 Å². The Balaban J connectivity index is 1.59. The van der Waals surface area contributed by atoms with E-state index in [2.05, 4.69) is 16.6 Å². The minimum Gasteiger partial charge on any atom is -0.506 e. The molecular formula is C17H18FN3O6S2. The van der Waals surface area contributed by atoms with Gasteiger partial charge in [-0.1, -0.05) is 11.8 Å². The van der Waals surface area contributed by atoms with Crippen molar-refractivity contribution in [3.63, 3.8) is 0 Å². The Labute approximate surface area is 167 Å². The Hall–Kier alpha value is -2.36. The maximum Gasteiger partial charge on any atom is 0.326 e. The van der Waals surface area contributed by atoms with E-state index in [1.54, 1.807) is 4.72 Å². The first-order chi connectivity index (χ1) is 13.5. The zero-order chi connectivity index (χ0) is 21.1. The van der Waals surface area contributed by atoms with Crippen molar-refractivity contribution in [3.05, 3.63) is 23.5 Å². The van der Waals surface area contributed by atoms with Gasteiger partial charge in [-0.25, -0.2) is 26.6 Å². The van der Waals surface area contributed by atoms with Crippen LogP contribution < -0.4 is 13.7 Å². The van der Waals surface area contributed by atoms with Gasteiger partial charge in [-0.15, -0.1) is 0 Å². The average Bonchev–Trinajstić information content (AvgIpc) is 3.01. The first-order valence-corrected chi connectivity index (χ1v) is 12.1. The number of phenolic OH excluding ortho intramolecular Hbond substituents is 1. The zero-order valence-electron chi connectivity index (χ0n) is 15.2. The molecule has 1 heterocycles. The number of anilines is 1. The highest BCUT2D eigenvalue weighted by molar-refractivity contribution is 7.92. The molecule has 4 rings (SSSR count). The molecule has 3 fully saturated rings. The fraction of sp³-hybridized carbons (Fsp3) is 0.471. The number of hydrogen-bond donors (Lipinski definition) is 3. The van der Waals surface area contributed by atoms with Crippen LogP contribution in [-0.4, -0.2) is 46.7 Å². The molecule has 0 aromatic heterocycles. The van der Waals surface area contributed by atoms with Crippen molar-refractivity contribution in [2.45, 2.75) is 18.9 Å². The molecule has 1 saturated heterocycles. The van der Waals surface area contributed by atoms with Gasteiger partial charge in [0, 0.05) is 12.0 Å². The summed E-state index contributed by atoms with van der Waals surface area (Å²) in [6.45, 7) is -0.644. The monoisotopic (exact) mass is 443 g/mol. The summed E-state index contributed by atoms with van der Waals surface area (Å²) in [6, 6.07) is 2.15. The topological polar surface area (TPSA) is 133 Å². The lowest BCUT2D eigenvalue weighted by molar-refractivity contribution is -0.117. The second-order valence-electron chi connectivity index (χ2n) is 7.44. The third-order valence-electron chi connectivity index (χ3n) is 5.41. The van der Waals surface area contributed by atoms with E-state index in [0.717, 1.165) is 25.2 Å². The Morgan fingerprint density at radius 1 is 1.34 bits per heavy atom. The molecule has 9 nitrogen and oxygen atoms in total. The van der Waals surface area contributed by atoms with Crippen LogP contribution in [0.4, 0.5) is 10.1 Å². The van der Waals surface area contributed by atoms with E-state index in [4.69, 9.17) is 0 Å². The minimum atomic E-state index is -4.29. The van der Waals surface area contributed by atoms with E-state index in [1.807, 2.05) is 0 Å². The lowest BCUT2D eigenvalue weighted by atomic mass is 10.1. The zero-order valence-corrected chi connectivity index (χ0v) is 16.8. The first kappa shape index (κ1) is 19.9. The summed E-state index contributed by atoms with van der Waals surface area (Å²) in [6.07, 6.45) is 2.65. The quantitative estimate of drug-likeness (QED) is 0.547. The maximum absolute atomic E-state index is 14.9.